The smallest absolute Gasteiger partial charge is 0.182 e. The molecule has 3 N–H and O–H groups in total. The van der Waals surface area contributed by atoms with Gasteiger partial charge < -0.3 is 10.8 Å². The van der Waals surface area contributed by atoms with Crippen LogP contribution in [-0.4, -0.2) is 14.3 Å². The highest BCUT2D eigenvalue weighted by Gasteiger charge is 2.11. The highest BCUT2D eigenvalue weighted by Crippen LogP contribution is 2.27. The van der Waals surface area contributed by atoms with Crippen LogP contribution in [0.1, 0.15) is 5.56 Å². The molecule has 0 bridgehead atoms. The summed E-state index contributed by atoms with van der Waals surface area (Å²) in [5.41, 5.74) is 8.12. The Morgan fingerprint density at radius 2 is 1.95 bits per heavy atom. The summed E-state index contributed by atoms with van der Waals surface area (Å²) in [6, 6.07) is 12.2. The van der Waals surface area contributed by atoms with Crippen LogP contribution in [0.25, 0.3) is 10.2 Å². The SMILES string of the molecule is Nc1ccc2nc(S(=O)Cc3ccc(O)cc3)sc2c1. The summed E-state index contributed by atoms with van der Waals surface area (Å²) in [7, 11) is -1.20. The van der Waals surface area contributed by atoms with Gasteiger partial charge in [0.05, 0.1) is 26.8 Å². The van der Waals surface area contributed by atoms with Crippen LogP contribution in [0, 0.1) is 0 Å². The van der Waals surface area contributed by atoms with E-state index in [0.29, 0.717) is 15.8 Å². The zero-order chi connectivity index (χ0) is 14.1. The number of nitrogens with two attached hydrogens (primary N) is 1. The van der Waals surface area contributed by atoms with Gasteiger partial charge >= 0.3 is 0 Å². The highest BCUT2D eigenvalue weighted by atomic mass is 32.2. The third-order valence-corrected chi connectivity index (χ3v) is 5.52. The second-order valence-corrected chi connectivity index (χ2v) is 7.02. The van der Waals surface area contributed by atoms with Gasteiger partial charge in [0.1, 0.15) is 5.75 Å². The molecule has 6 heteroatoms. The number of benzene rings is 2. The molecule has 0 amide bonds. The van der Waals surface area contributed by atoms with Gasteiger partial charge in [0, 0.05) is 5.69 Å². The Kier molecular flexibility index (Phi) is 3.42. The lowest BCUT2D eigenvalue weighted by Gasteiger charge is -1.99. The summed E-state index contributed by atoms with van der Waals surface area (Å²) in [6.07, 6.45) is 0. The van der Waals surface area contributed by atoms with Gasteiger partial charge in [-0.1, -0.05) is 12.1 Å². The number of aromatic nitrogens is 1. The van der Waals surface area contributed by atoms with E-state index in [1.807, 2.05) is 12.1 Å². The number of phenolic OH excluding ortho intramolecular Hbond substituents is 1. The average Bonchev–Trinajstić information content (AvgIpc) is 2.84. The molecule has 0 aliphatic heterocycles. The fraction of sp³-hybridized carbons (Fsp3) is 0.0714. The van der Waals surface area contributed by atoms with Gasteiger partial charge in [-0.05, 0) is 35.9 Å². The van der Waals surface area contributed by atoms with Crippen LogP contribution in [0.2, 0.25) is 0 Å². The van der Waals surface area contributed by atoms with E-state index in [9.17, 15) is 9.32 Å². The minimum absolute atomic E-state index is 0.204. The molecule has 0 saturated heterocycles. The standard InChI is InChI=1S/C14H12N2O2S2/c15-10-3-6-12-13(7-10)19-14(16-12)20(18)8-9-1-4-11(17)5-2-9/h1-7,17H,8,15H2. The van der Waals surface area contributed by atoms with Crippen molar-refractivity contribution in [1.82, 2.24) is 4.98 Å². The molecular formula is C14H12N2O2S2. The summed E-state index contributed by atoms with van der Waals surface area (Å²) in [5.74, 6) is 0.588. The Morgan fingerprint density at radius 3 is 2.70 bits per heavy atom. The van der Waals surface area contributed by atoms with Crippen molar-refractivity contribution in [1.29, 1.82) is 0 Å². The lowest BCUT2D eigenvalue weighted by atomic mass is 10.2. The Morgan fingerprint density at radius 1 is 1.20 bits per heavy atom. The lowest BCUT2D eigenvalue weighted by Crippen LogP contribution is -1.95. The first-order valence-electron chi connectivity index (χ1n) is 5.94. The van der Waals surface area contributed by atoms with E-state index < -0.39 is 10.8 Å². The van der Waals surface area contributed by atoms with Crippen LogP contribution in [0.4, 0.5) is 5.69 Å². The molecular weight excluding hydrogens is 292 g/mol. The number of nitrogens with zero attached hydrogens (tertiary/aromatic N) is 1. The molecule has 0 aliphatic rings. The van der Waals surface area contributed by atoms with E-state index >= 15 is 0 Å². The number of nitrogen functional groups attached to an aromatic ring is 1. The minimum Gasteiger partial charge on any atom is -0.508 e. The van der Waals surface area contributed by atoms with Gasteiger partial charge in [0.15, 0.2) is 4.34 Å². The molecule has 4 nitrogen and oxygen atoms in total. The average molecular weight is 304 g/mol. The van der Waals surface area contributed by atoms with E-state index in [-0.39, 0.29) is 5.75 Å². The van der Waals surface area contributed by atoms with Crippen LogP contribution < -0.4 is 5.73 Å². The number of thiazole rings is 1. The predicted octanol–water partition coefficient (Wildman–Crippen LogP) is 2.89. The lowest BCUT2D eigenvalue weighted by molar-refractivity contribution is 0.475. The molecule has 0 spiro atoms. The van der Waals surface area contributed by atoms with Gasteiger partial charge in [-0.15, -0.1) is 11.3 Å². The van der Waals surface area contributed by atoms with Gasteiger partial charge in [0.25, 0.3) is 0 Å². The maximum atomic E-state index is 12.3. The maximum absolute atomic E-state index is 12.3. The predicted molar refractivity (Wildman–Crippen MR) is 82.3 cm³/mol. The minimum atomic E-state index is -1.20. The van der Waals surface area contributed by atoms with Gasteiger partial charge in [-0.2, -0.15) is 0 Å². The molecule has 1 unspecified atom stereocenters. The van der Waals surface area contributed by atoms with Crippen molar-refractivity contribution in [3.05, 3.63) is 48.0 Å². The van der Waals surface area contributed by atoms with Gasteiger partial charge in [-0.25, -0.2) is 4.98 Å². The van der Waals surface area contributed by atoms with Gasteiger partial charge in [0.2, 0.25) is 0 Å². The summed E-state index contributed by atoms with van der Waals surface area (Å²) < 4.78 is 13.9. The van der Waals surface area contributed by atoms with Crippen molar-refractivity contribution >= 4 is 38.0 Å². The van der Waals surface area contributed by atoms with Crippen LogP contribution in [-0.2, 0) is 16.6 Å². The zero-order valence-electron chi connectivity index (χ0n) is 10.4. The number of aromatic hydroxyl groups is 1. The van der Waals surface area contributed by atoms with E-state index in [1.54, 1.807) is 30.3 Å². The fourth-order valence-corrected chi connectivity index (χ4v) is 4.20. The summed E-state index contributed by atoms with van der Waals surface area (Å²) in [4.78, 5) is 4.38. The van der Waals surface area contributed by atoms with Crippen molar-refractivity contribution in [2.45, 2.75) is 10.1 Å². The topological polar surface area (TPSA) is 76.2 Å². The molecule has 102 valence electrons. The van der Waals surface area contributed by atoms with Crippen molar-refractivity contribution in [3.63, 3.8) is 0 Å². The third-order valence-electron chi connectivity index (χ3n) is 2.82. The maximum Gasteiger partial charge on any atom is 0.182 e. The van der Waals surface area contributed by atoms with E-state index in [1.165, 1.54) is 11.3 Å². The number of rotatable bonds is 3. The normalized spacial score (nSPS) is 12.6. The van der Waals surface area contributed by atoms with Crippen molar-refractivity contribution in [2.75, 3.05) is 5.73 Å². The van der Waals surface area contributed by atoms with Crippen molar-refractivity contribution < 1.29 is 9.32 Å². The molecule has 0 fully saturated rings. The van der Waals surface area contributed by atoms with E-state index in [0.717, 1.165) is 15.8 Å². The number of fused-ring (bicyclic) bond motifs is 1. The fourth-order valence-electron chi connectivity index (χ4n) is 1.82. The monoisotopic (exact) mass is 304 g/mol. The Hall–Kier alpha value is -1.92. The highest BCUT2D eigenvalue weighted by molar-refractivity contribution is 7.86. The molecule has 0 radical (unpaired) electrons. The molecule has 2 aromatic carbocycles. The molecule has 0 saturated carbocycles. The zero-order valence-corrected chi connectivity index (χ0v) is 12.1. The third kappa shape index (κ3) is 2.66. The number of hydrogen-bond acceptors (Lipinski definition) is 5. The summed E-state index contributed by atoms with van der Waals surface area (Å²) >= 11 is 1.40. The Balaban J connectivity index is 1.86. The first kappa shape index (κ1) is 13.1. The number of phenols is 1. The molecule has 1 aromatic heterocycles. The Bertz CT molecular complexity index is 781. The Labute approximate surface area is 122 Å². The second-order valence-electron chi connectivity index (χ2n) is 4.36. The van der Waals surface area contributed by atoms with Crippen LogP contribution >= 0.6 is 11.3 Å². The van der Waals surface area contributed by atoms with E-state index in [4.69, 9.17) is 5.73 Å². The van der Waals surface area contributed by atoms with Gasteiger partial charge in [-0.3, -0.25) is 4.21 Å². The second kappa shape index (κ2) is 5.22. The van der Waals surface area contributed by atoms with Crippen molar-refractivity contribution in [3.8, 4) is 5.75 Å². The number of hydrogen-bond donors (Lipinski definition) is 2. The van der Waals surface area contributed by atoms with E-state index in [2.05, 4.69) is 4.98 Å². The molecule has 0 aliphatic carbocycles. The molecule has 1 atom stereocenters. The summed E-state index contributed by atoms with van der Waals surface area (Å²) in [6.45, 7) is 0. The van der Waals surface area contributed by atoms with Crippen LogP contribution in [0.15, 0.2) is 46.8 Å². The quantitative estimate of drug-likeness (QED) is 0.729. The number of anilines is 1. The molecule has 3 rings (SSSR count). The molecule has 1 heterocycles. The van der Waals surface area contributed by atoms with Crippen LogP contribution in [0.5, 0.6) is 5.75 Å². The van der Waals surface area contributed by atoms with Crippen molar-refractivity contribution in [2.24, 2.45) is 0 Å². The largest absolute Gasteiger partial charge is 0.508 e. The first-order valence-corrected chi connectivity index (χ1v) is 8.08. The molecule has 3 aromatic rings. The first-order chi connectivity index (χ1) is 9.61. The molecule has 20 heavy (non-hydrogen) atoms. The van der Waals surface area contributed by atoms with Crippen LogP contribution in [0.3, 0.4) is 0 Å². The summed E-state index contributed by atoms with van der Waals surface area (Å²) in [5, 5.41) is 9.23.